The van der Waals surface area contributed by atoms with Crippen LogP contribution in [0.2, 0.25) is 0 Å². The largest absolute Gasteiger partial charge is 0.297 e. The fourth-order valence-corrected chi connectivity index (χ4v) is 1.45. The van der Waals surface area contributed by atoms with Crippen LogP contribution in [-0.2, 0) is 0 Å². The predicted octanol–water partition coefficient (Wildman–Crippen LogP) is 1.03. The second kappa shape index (κ2) is 4.35. The Morgan fingerprint density at radius 2 is 2.38 bits per heavy atom. The van der Waals surface area contributed by atoms with E-state index in [2.05, 4.69) is 30.7 Å². The van der Waals surface area contributed by atoms with Crippen molar-refractivity contribution in [1.82, 2.24) is 25.4 Å². The van der Waals surface area contributed by atoms with Gasteiger partial charge in [-0.25, -0.2) is 4.98 Å². The van der Waals surface area contributed by atoms with E-state index in [1.807, 2.05) is 13.8 Å². The van der Waals surface area contributed by atoms with Crippen LogP contribution in [0.4, 0.5) is 5.13 Å². The van der Waals surface area contributed by atoms with Crippen LogP contribution in [0.3, 0.4) is 0 Å². The van der Waals surface area contributed by atoms with Gasteiger partial charge in [-0.3, -0.25) is 15.2 Å². The second-order valence-corrected chi connectivity index (χ2v) is 4.23. The molecular formula is C8H10N6OS. The third-order valence-electron chi connectivity index (χ3n) is 1.83. The van der Waals surface area contributed by atoms with Gasteiger partial charge in [-0.15, -0.1) is 15.3 Å². The molecule has 8 heteroatoms. The summed E-state index contributed by atoms with van der Waals surface area (Å²) < 4.78 is 0. The van der Waals surface area contributed by atoms with Crippen molar-refractivity contribution < 1.29 is 4.79 Å². The summed E-state index contributed by atoms with van der Waals surface area (Å²) in [5.41, 5.74) is 1.53. The van der Waals surface area contributed by atoms with Crippen molar-refractivity contribution in [3.05, 3.63) is 17.2 Å². The van der Waals surface area contributed by atoms with Crippen LogP contribution < -0.4 is 5.32 Å². The number of anilines is 1. The van der Waals surface area contributed by atoms with Crippen molar-refractivity contribution in [2.45, 2.75) is 19.8 Å². The zero-order chi connectivity index (χ0) is 11.5. The molecule has 2 rings (SSSR count). The quantitative estimate of drug-likeness (QED) is 0.832. The number of carbonyl (C=O) groups is 1. The lowest BCUT2D eigenvalue weighted by atomic mass is 10.2. The smallest absolute Gasteiger partial charge is 0.294 e. The molecule has 0 saturated heterocycles. The lowest BCUT2D eigenvalue weighted by molar-refractivity contribution is 0.101. The molecule has 0 aromatic carbocycles. The van der Waals surface area contributed by atoms with Crippen LogP contribution in [0.15, 0.2) is 5.51 Å². The Morgan fingerprint density at radius 3 is 2.94 bits per heavy atom. The van der Waals surface area contributed by atoms with E-state index in [1.165, 1.54) is 16.8 Å². The number of rotatable bonds is 3. The van der Waals surface area contributed by atoms with E-state index in [9.17, 15) is 4.79 Å². The van der Waals surface area contributed by atoms with Crippen molar-refractivity contribution in [3.8, 4) is 0 Å². The molecule has 0 bridgehead atoms. The Balaban J connectivity index is 2.09. The topological polar surface area (TPSA) is 96.5 Å². The highest BCUT2D eigenvalue weighted by molar-refractivity contribution is 7.13. The number of hydrogen-bond acceptors (Lipinski definition) is 6. The molecule has 2 heterocycles. The number of H-pyrrole nitrogens is 1. The molecule has 0 saturated carbocycles. The third-order valence-corrected chi connectivity index (χ3v) is 2.44. The number of hydrogen-bond donors (Lipinski definition) is 2. The van der Waals surface area contributed by atoms with Crippen molar-refractivity contribution in [2.24, 2.45) is 0 Å². The number of aromatic amines is 1. The number of nitrogens with zero attached hydrogens (tertiary/aromatic N) is 4. The Bertz CT molecular complexity index is 476. The number of amides is 1. The summed E-state index contributed by atoms with van der Waals surface area (Å²) in [4.78, 5) is 15.7. The molecule has 0 aliphatic carbocycles. The van der Waals surface area contributed by atoms with E-state index < -0.39 is 0 Å². The number of aromatic nitrogens is 5. The number of nitrogens with one attached hydrogen (secondary N) is 2. The van der Waals surface area contributed by atoms with Gasteiger partial charge < -0.3 is 0 Å². The van der Waals surface area contributed by atoms with Gasteiger partial charge in [0.1, 0.15) is 11.3 Å². The minimum Gasteiger partial charge on any atom is -0.294 e. The SMILES string of the molecule is CC(C)c1nc(C(=O)Nc2nncs2)n[nH]1. The zero-order valence-electron chi connectivity index (χ0n) is 8.76. The van der Waals surface area contributed by atoms with E-state index in [1.54, 1.807) is 0 Å². The molecule has 2 aromatic heterocycles. The predicted molar refractivity (Wildman–Crippen MR) is 58.3 cm³/mol. The van der Waals surface area contributed by atoms with E-state index in [0.29, 0.717) is 11.0 Å². The zero-order valence-corrected chi connectivity index (χ0v) is 9.58. The fourth-order valence-electron chi connectivity index (χ4n) is 1.01. The highest BCUT2D eigenvalue weighted by atomic mass is 32.1. The summed E-state index contributed by atoms with van der Waals surface area (Å²) >= 11 is 1.24. The van der Waals surface area contributed by atoms with E-state index in [0.717, 1.165) is 0 Å². The molecule has 2 N–H and O–H groups in total. The minimum atomic E-state index is -0.389. The first kappa shape index (κ1) is 10.7. The van der Waals surface area contributed by atoms with Crippen LogP contribution in [0.5, 0.6) is 0 Å². The monoisotopic (exact) mass is 238 g/mol. The van der Waals surface area contributed by atoms with Gasteiger partial charge >= 0.3 is 0 Å². The molecule has 2 aromatic rings. The highest BCUT2D eigenvalue weighted by Gasteiger charge is 2.15. The van der Waals surface area contributed by atoms with Gasteiger partial charge in [0.25, 0.3) is 5.91 Å². The highest BCUT2D eigenvalue weighted by Crippen LogP contribution is 2.11. The molecule has 0 fully saturated rings. The minimum absolute atomic E-state index is 0.110. The van der Waals surface area contributed by atoms with Crippen molar-refractivity contribution >= 4 is 22.4 Å². The molecule has 0 spiro atoms. The van der Waals surface area contributed by atoms with Crippen molar-refractivity contribution in [1.29, 1.82) is 0 Å². The van der Waals surface area contributed by atoms with Crippen LogP contribution >= 0.6 is 11.3 Å². The van der Waals surface area contributed by atoms with Crippen LogP contribution in [-0.4, -0.2) is 31.3 Å². The van der Waals surface area contributed by atoms with Gasteiger partial charge in [0, 0.05) is 5.92 Å². The third kappa shape index (κ3) is 2.22. The first-order valence-electron chi connectivity index (χ1n) is 4.66. The van der Waals surface area contributed by atoms with Gasteiger partial charge in [0.15, 0.2) is 0 Å². The van der Waals surface area contributed by atoms with Gasteiger partial charge in [-0.1, -0.05) is 25.2 Å². The molecule has 0 aliphatic heterocycles. The summed E-state index contributed by atoms with van der Waals surface area (Å²) in [6.45, 7) is 3.93. The molecule has 1 amide bonds. The first-order chi connectivity index (χ1) is 7.66. The van der Waals surface area contributed by atoms with Crippen LogP contribution in [0.25, 0.3) is 0 Å². The molecule has 0 aliphatic rings. The lowest BCUT2D eigenvalue weighted by Crippen LogP contribution is -2.13. The van der Waals surface area contributed by atoms with Gasteiger partial charge in [-0.2, -0.15) is 0 Å². The molecule has 0 unspecified atom stereocenters. The first-order valence-corrected chi connectivity index (χ1v) is 5.54. The average molecular weight is 238 g/mol. The van der Waals surface area contributed by atoms with Crippen LogP contribution in [0.1, 0.15) is 36.2 Å². The Morgan fingerprint density at radius 1 is 1.56 bits per heavy atom. The summed E-state index contributed by atoms with van der Waals surface area (Å²) in [5, 5.41) is 16.8. The summed E-state index contributed by atoms with van der Waals surface area (Å²) in [6, 6.07) is 0. The number of carbonyl (C=O) groups excluding carboxylic acids is 1. The maximum atomic E-state index is 11.6. The van der Waals surface area contributed by atoms with Gasteiger partial charge in [0.2, 0.25) is 11.0 Å². The van der Waals surface area contributed by atoms with Gasteiger partial charge in [0.05, 0.1) is 0 Å². The summed E-state index contributed by atoms with van der Waals surface area (Å²) in [7, 11) is 0. The maximum absolute atomic E-state index is 11.6. The van der Waals surface area contributed by atoms with Gasteiger partial charge in [-0.05, 0) is 0 Å². The maximum Gasteiger partial charge on any atom is 0.297 e. The second-order valence-electron chi connectivity index (χ2n) is 3.40. The molecular weight excluding hydrogens is 228 g/mol. The van der Waals surface area contributed by atoms with Crippen molar-refractivity contribution in [3.63, 3.8) is 0 Å². The summed E-state index contributed by atoms with van der Waals surface area (Å²) in [5.74, 6) is 0.608. The average Bonchev–Trinajstić information content (AvgIpc) is 2.86. The van der Waals surface area contributed by atoms with E-state index >= 15 is 0 Å². The Labute approximate surface area is 95.3 Å². The molecule has 0 radical (unpaired) electrons. The Hall–Kier alpha value is -1.83. The fraction of sp³-hybridized carbons (Fsp3) is 0.375. The van der Waals surface area contributed by atoms with E-state index in [4.69, 9.17) is 0 Å². The summed E-state index contributed by atoms with van der Waals surface area (Å²) in [6.07, 6.45) is 0. The van der Waals surface area contributed by atoms with Crippen molar-refractivity contribution in [2.75, 3.05) is 5.32 Å². The molecule has 0 atom stereocenters. The normalized spacial score (nSPS) is 10.7. The lowest BCUT2D eigenvalue weighted by Gasteiger charge is -1.96. The van der Waals surface area contributed by atoms with Crippen LogP contribution in [0, 0.1) is 0 Å². The van der Waals surface area contributed by atoms with E-state index in [-0.39, 0.29) is 17.6 Å². The molecule has 16 heavy (non-hydrogen) atoms. The molecule has 84 valence electrons. The molecule has 7 nitrogen and oxygen atoms in total. The standard InChI is InChI=1S/C8H10N6OS/c1-4(2)5-10-6(13-12-5)7(15)11-8-14-9-3-16-8/h3-4H,1-2H3,(H,10,12,13)(H,11,14,15). The Kier molecular flexibility index (Phi) is 2.91.